The minimum atomic E-state index is 0.587. The van der Waals surface area contributed by atoms with Gasteiger partial charge in [-0.05, 0) is 56.3 Å². The molecule has 1 aliphatic carbocycles. The van der Waals surface area contributed by atoms with E-state index in [2.05, 4.69) is 32.3 Å². The summed E-state index contributed by atoms with van der Waals surface area (Å²) in [7, 11) is 2.07. The number of thioether (sulfide) groups is 1. The van der Waals surface area contributed by atoms with Crippen LogP contribution >= 0.6 is 35.0 Å². The van der Waals surface area contributed by atoms with Crippen LogP contribution in [0.4, 0.5) is 0 Å². The lowest BCUT2D eigenvalue weighted by Crippen LogP contribution is -2.41. The average molecular weight is 332 g/mol. The third-order valence-electron chi connectivity index (χ3n) is 4.32. The molecule has 0 aliphatic heterocycles. The van der Waals surface area contributed by atoms with Crippen molar-refractivity contribution in [2.24, 2.45) is 11.8 Å². The van der Waals surface area contributed by atoms with Crippen molar-refractivity contribution in [3.63, 3.8) is 0 Å². The van der Waals surface area contributed by atoms with Crippen LogP contribution in [0.1, 0.15) is 33.1 Å². The van der Waals surface area contributed by atoms with Crippen molar-refractivity contribution in [2.45, 2.75) is 49.3 Å². The van der Waals surface area contributed by atoms with Gasteiger partial charge in [0.15, 0.2) is 0 Å². The molecule has 0 radical (unpaired) electrons. The predicted molar refractivity (Wildman–Crippen MR) is 91.1 cm³/mol. The van der Waals surface area contributed by atoms with E-state index in [1.54, 1.807) is 0 Å². The van der Waals surface area contributed by atoms with Crippen LogP contribution in [0.15, 0.2) is 23.1 Å². The number of hydrogen-bond donors (Lipinski definition) is 1. The Bertz CT molecular complexity index is 450. The standard InChI is InChI=1S/C16H23Cl2NS/c1-10(2)11-4-7-15(19-3)16(8-11)20-12-5-6-13(17)14(18)9-12/h5-6,9-11,15-16,19H,4,7-8H2,1-3H3. The molecule has 112 valence electrons. The van der Waals surface area contributed by atoms with E-state index < -0.39 is 0 Å². The third-order valence-corrected chi connectivity index (χ3v) is 6.41. The van der Waals surface area contributed by atoms with Gasteiger partial charge >= 0.3 is 0 Å². The Kier molecular flexibility index (Phi) is 6.09. The first kappa shape index (κ1) is 16.5. The highest BCUT2D eigenvalue weighted by atomic mass is 35.5. The lowest BCUT2D eigenvalue weighted by atomic mass is 9.79. The molecule has 3 unspecified atom stereocenters. The fourth-order valence-corrected chi connectivity index (χ4v) is 4.78. The molecule has 0 saturated heterocycles. The molecule has 3 atom stereocenters. The summed E-state index contributed by atoms with van der Waals surface area (Å²) in [6.45, 7) is 4.68. The largest absolute Gasteiger partial charge is 0.316 e. The van der Waals surface area contributed by atoms with Crippen LogP contribution in [0, 0.1) is 11.8 Å². The summed E-state index contributed by atoms with van der Waals surface area (Å²) in [6, 6.07) is 6.54. The topological polar surface area (TPSA) is 12.0 Å². The van der Waals surface area contributed by atoms with Crippen molar-refractivity contribution in [2.75, 3.05) is 7.05 Å². The second kappa shape index (κ2) is 7.40. The van der Waals surface area contributed by atoms with Gasteiger partial charge in [-0.15, -0.1) is 11.8 Å². The maximum Gasteiger partial charge on any atom is 0.0603 e. The average Bonchev–Trinajstić information content (AvgIpc) is 2.42. The first-order valence-electron chi connectivity index (χ1n) is 7.30. The van der Waals surface area contributed by atoms with Crippen LogP contribution in [-0.2, 0) is 0 Å². The van der Waals surface area contributed by atoms with Gasteiger partial charge in [0, 0.05) is 16.2 Å². The van der Waals surface area contributed by atoms with Gasteiger partial charge in [-0.2, -0.15) is 0 Å². The van der Waals surface area contributed by atoms with Gasteiger partial charge in [0.1, 0.15) is 0 Å². The van der Waals surface area contributed by atoms with Gasteiger partial charge in [-0.1, -0.05) is 37.0 Å². The van der Waals surface area contributed by atoms with E-state index in [1.165, 1.54) is 24.2 Å². The smallest absolute Gasteiger partial charge is 0.0603 e. The van der Waals surface area contributed by atoms with E-state index in [0.29, 0.717) is 21.3 Å². The maximum atomic E-state index is 6.12. The highest BCUT2D eigenvalue weighted by Gasteiger charge is 2.31. The van der Waals surface area contributed by atoms with Crippen LogP contribution < -0.4 is 5.32 Å². The van der Waals surface area contributed by atoms with Crippen LogP contribution in [-0.4, -0.2) is 18.3 Å². The van der Waals surface area contributed by atoms with Gasteiger partial charge in [0.05, 0.1) is 10.0 Å². The summed E-state index contributed by atoms with van der Waals surface area (Å²) >= 11 is 14.0. The van der Waals surface area contributed by atoms with Crippen LogP contribution in [0.25, 0.3) is 0 Å². The molecule has 0 aromatic heterocycles. The van der Waals surface area contributed by atoms with E-state index in [-0.39, 0.29) is 0 Å². The van der Waals surface area contributed by atoms with Gasteiger partial charge in [0.25, 0.3) is 0 Å². The highest BCUT2D eigenvalue weighted by Crippen LogP contribution is 2.40. The van der Waals surface area contributed by atoms with Crippen molar-refractivity contribution < 1.29 is 0 Å². The van der Waals surface area contributed by atoms with Crippen molar-refractivity contribution in [3.8, 4) is 0 Å². The second-order valence-electron chi connectivity index (χ2n) is 5.94. The van der Waals surface area contributed by atoms with E-state index in [9.17, 15) is 0 Å². The zero-order valence-corrected chi connectivity index (χ0v) is 14.7. The van der Waals surface area contributed by atoms with Crippen LogP contribution in [0.2, 0.25) is 10.0 Å². The fourth-order valence-electron chi connectivity index (χ4n) is 2.95. The third kappa shape index (κ3) is 4.07. The van der Waals surface area contributed by atoms with Gasteiger partial charge < -0.3 is 5.32 Å². The van der Waals surface area contributed by atoms with E-state index in [4.69, 9.17) is 23.2 Å². The molecular weight excluding hydrogens is 309 g/mol. The molecule has 1 saturated carbocycles. The molecule has 1 nitrogen and oxygen atoms in total. The normalized spacial score (nSPS) is 27.0. The van der Waals surface area contributed by atoms with Gasteiger partial charge in [0.2, 0.25) is 0 Å². The first-order valence-corrected chi connectivity index (χ1v) is 8.93. The number of nitrogens with one attached hydrogen (secondary N) is 1. The molecule has 1 aliphatic rings. The Morgan fingerprint density at radius 1 is 1.20 bits per heavy atom. The maximum absolute atomic E-state index is 6.12. The lowest BCUT2D eigenvalue weighted by molar-refractivity contribution is 0.251. The molecular formula is C16H23Cl2NS. The SMILES string of the molecule is CNC1CCC(C(C)C)CC1Sc1ccc(Cl)c(Cl)c1. The monoisotopic (exact) mass is 331 g/mol. The first-order chi connectivity index (χ1) is 9.51. The Labute approximate surface area is 136 Å². The Balaban J connectivity index is 2.09. The molecule has 4 heteroatoms. The quantitative estimate of drug-likeness (QED) is 0.781. The predicted octanol–water partition coefficient (Wildman–Crippen LogP) is 5.50. The number of rotatable bonds is 4. The van der Waals surface area contributed by atoms with Crippen molar-refractivity contribution in [1.82, 2.24) is 5.32 Å². The second-order valence-corrected chi connectivity index (χ2v) is 8.07. The van der Waals surface area contributed by atoms with Crippen LogP contribution in [0.5, 0.6) is 0 Å². The summed E-state index contributed by atoms with van der Waals surface area (Å²) in [5.41, 5.74) is 0. The number of benzene rings is 1. The fraction of sp³-hybridized carbons (Fsp3) is 0.625. The van der Waals surface area contributed by atoms with E-state index in [0.717, 1.165) is 11.8 Å². The number of hydrogen-bond acceptors (Lipinski definition) is 2. The molecule has 0 bridgehead atoms. The molecule has 0 heterocycles. The summed E-state index contributed by atoms with van der Waals surface area (Å²) in [6.07, 6.45) is 3.87. The minimum absolute atomic E-state index is 0.587. The molecule has 0 amide bonds. The van der Waals surface area contributed by atoms with Crippen molar-refractivity contribution in [1.29, 1.82) is 0 Å². The van der Waals surface area contributed by atoms with Crippen molar-refractivity contribution in [3.05, 3.63) is 28.2 Å². The molecule has 1 N–H and O–H groups in total. The van der Waals surface area contributed by atoms with E-state index >= 15 is 0 Å². The number of halogens is 2. The van der Waals surface area contributed by atoms with Gasteiger partial charge in [-0.25, -0.2) is 0 Å². The lowest BCUT2D eigenvalue weighted by Gasteiger charge is -2.37. The van der Waals surface area contributed by atoms with E-state index in [1.807, 2.05) is 23.9 Å². The Hall–Kier alpha value is 0.110. The summed E-state index contributed by atoms with van der Waals surface area (Å²) < 4.78 is 0. The summed E-state index contributed by atoms with van der Waals surface area (Å²) in [5.74, 6) is 1.60. The summed E-state index contributed by atoms with van der Waals surface area (Å²) in [5, 5.41) is 5.37. The zero-order chi connectivity index (χ0) is 14.7. The minimum Gasteiger partial charge on any atom is -0.316 e. The highest BCUT2D eigenvalue weighted by molar-refractivity contribution is 8.00. The molecule has 20 heavy (non-hydrogen) atoms. The summed E-state index contributed by atoms with van der Waals surface area (Å²) in [4.78, 5) is 1.22. The van der Waals surface area contributed by atoms with Crippen LogP contribution in [0.3, 0.4) is 0 Å². The zero-order valence-electron chi connectivity index (χ0n) is 12.3. The molecule has 1 aromatic carbocycles. The molecule has 0 spiro atoms. The Morgan fingerprint density at radius 3 is 2.55 bits per heavy atom. The molecule has 1 aromatic rings. The van der Waals surface area contributed by atoms with Gasteiger partial charge in [-0.3, -0.25) is 0 Å². The molecule has 1 fully saturated rings. The van der Waals surface area contributed by atoms with Crippen molar-refractivity contribution >= 4 is 35.0 Å². The Morgan fingerprint density at radius 2 is 1.95 bits per heavy atom. The molecule has 2 rings (SSSR count).